The Kier molecular flexibility index (Phi) is 6.47. The number of fused-ring (bicyclic) bond motifs is 5. The molecule has 0 bridgehead atoms. The van der Waals surface area contributed by atoms with Crippen LogP contribution in [0.15, 0.2) is 59.3 Å². The summed E-state index contributed by atoms with van der Waals surface area (Å²) in [5.74, 6) is -0.728. The van der Waals surface area contributed by atoms with Crippen LogP contribution >= 0.6 is 68.0 Å². The highest BCUT2D eigenvalue weighted by Crippen LogP contribution is 2.52. The molecule has 0 fully saturated rings. The van der Waals surface area contributed by atoms with Crippen LogP contribution in [-0.4, -0.2) is 25.2 Å². The number of hydrogen-bond donors (Lipinski definition) is 0. The van der Waals surface area contributed by atoms with Crippen molar-refractivity contribution in [3.8, 4) is 19.5 Å². The monoisotopic (exact) mass is 660 g/mol. The van der Waals surface area contributed by atoms with Gasteiger partial charge in [-0.3, -0.25) is 0 Å². The fourth-order valence-electron chi connectivity index (χ4n) is 5.27. The van der Waals surface area contributed by atoms with Crippen molar-refractivity contribution in [3.63, 3.8) is 0 Å². The van der Waals surface area contributed by atoms with E-state index < -0.39 is 0 Å². The topological polar surface area (TPSA) is 52.6 Å². The van der Waals surface area contributed by atoms with Gasteiger partial charge in [-0.25, -0.2) is 9.59 Å². The van der Waals surface area contributed by atoms with E-state index in [9.17, 15) is 9.59 Å². The molecule has 6 aromatic heterocycles. The first kappa shape index (κ1) is 26.5. The lowest BCUT2D eigenvalue weighted by Gasteiger charge is -2.04. The Morgan fingerprint density at radius 3 is 1.43 bits per heavy atom. The lowest BCUT2D eigenvalue weighted by molar-refractivity contribution is 0.0519. The van der Waals surface area contributed by atoms with Gasteiger partial charge in [0.05, 0.1) is 43.5 Å². The maximum Gasteiger partial charge on any atom is 0.341 e. The number of esters is 2. The zero-order valence-corrected chi connectivity index (χ0v) is 27.2. The molecule has 0 aliphatic rings. The molecule has 0 aliphatic carbocycles. The van der Waals surface area contributed by atoms with Gasteiger partial charge in [-0.1, -0.05) is 0 Å². The Morgan fingerprint density at radius 2 is 1.00 bits per heavy atom. The molecule has 0 saturated carbocycles. The maximum atomic E-state index is 13.6. The van der Waals surface area contributed by atoms with E-state index in [4.69, 9.17) is 9.47 Å². The number of thiophene rings is 6. The highest BCUT2D eigenvalue weighted by molar-refractivity contribution is 7.35. The smallest absolute Gasteiger partial charge is 0.341 e. The molecule has 0 aliphatic heterocycles. The molecular weight excluding hydrogens is 641 g/mol. The molecule has 0 radical (unpaired) electrons. The second kappa shape index (κ2) is 10.3. The number of rotatable bonds is 6. The van der Waals surface area contributed by atoms with Crippen molar-refractivity contribution in [2.75, 3.05) is 13.2 Å². The van der Waals surface area contributed by atoms with Gasteiger partial charge >= 0.3 is 11.9 Å². The first-order valence-electron chi connectivity index (χ1n) is 13.3. The fraction of sp³-hybridized carbons (Fsp3) is 0.125. The molecule has 8 rings (SSSR count). The zero-order chi connectivity index (χ0) is 28.5. The van der Waals surface area contributed by atoms with Crippen molar-refractivity contribution < 1.29 is 19.1 Å². The number of carbonyl (C=O) groups excluding carboxylic acids is 2. The van der Waals surface area contributed by atoms with E-state index in [1.54, 1.807) is 45.3 Å². The molecule has 0 spiro atoms. The third kappa shape index (κ3) is 4.16. The molecule has 0 N–H and O–H groups in total. The van der Waals surface area contributed by atoms with Gasteiger partial charge in [0.15, 0.2) is 0 Å². The van der Waals surface area contributed by atoms with E-state index in [0.29, 0.717) is 11.1 Å². The predicted molar refractivity (Wildman–Crippen MR) is 184 cm³/mol. The molecule has 10 heteroatoms. The van der Waals surface area contributed by atoms with Gasteiger partial charge in [-0.15, -0.1) is 68.0 Å². The Morgan fingerprint density at radius 1 is 0.571 bits per heavy atom. The highest BCUT2D eigenvalue weighted by Gasteiger charge is 2.31. The summed E-state index contributed by atoms with van der Waals surface area (Å²) in [6.07, 6.45) is 0. The van der Waals surface area contributed by atoms with Crippen molar-refractivity contribution in [1.29, 1.82) is 0 Å². The Labute approximate surface area is 264 Å². The SMILES string of the molecule is CCOC(=O)c1c(-c2cc3cc4sccc4cc3s2)sc2c(C(=O)OCC)c(-c3cc4cc5sccc5cc4s3)sc12. The Bertz CT molecular complexity index is 2080. The van der Waals surface area contributed by atoms with Crippen LogP contribution in [-0.2, 0) is 9.47 Å². The Hall–Kier alpha value is -3.12. The van der Waals surface area contributed by atoms with Gasteiger partial charge in [0.25, 0.3) is 0 Å². The van der Waals surface area contributed by atoms with Crippen LogP contribution in [0.2, 0.25) is 0 Å². The summed E-state index contributed by atoms with van der Waals surface area (Å²) in [5, 5.41) is 8.94. The van der Waals surface area contributed by atoms with E-state index in [0.717, 1.165) is 39.7 Å². The second-order valence-corrected chi connectivity index (χ2v) is 15.7. The van der Waals surface area contributed by atoms with Gasteiger partial charge in [0.1, 0.15) is 0 Å². The van der Waals surface area contributed by atoms with Gasteiger partial charge in [-0.2, -0.15) is 0 Å². The normalized spacial score (nSPS) is 12.0. The van der Waals surface area contributed by atoms with Crippen molar-refractivity contribution >= 4 is 130 Å². The number of carbonyl (C=O) groups is 2. The first-order chi connectivity index (χ1) is 20.5. The minimum absolute atomic E-state index is 0.273. The van der Waals surface area contributed by atoms with Crippen molar-refractivity contribution in [3.05, 3.63) is 70.4 Å². The predicted octanol–water partition coefficient (Wildman–Crippen LogP) is 11.5. The summed E-state index contributed by atoms with van der Waals surface area (Å²) >= 11 is 9.75. The lowest BCUT2D eigenvalue weighted by Crippen LogP contribution is -2.04. The largest absolute Gasteiger partial charge is 0.462 e. The average Bonchev–Trinajstić information content (AvgIpc) is 3.79. The van der Waals surface area contributed by atoms with Gasteiger partial charge in [0.2, 0.25) is 0 Å². The average molecular weight is 661 g/mol. The van der Waals surface area contributed by atoms with Crippen LogP contribution in [0.4, 0.5) is 0 Å². The molecule has 0 saturated heterocycles. The standard InChI is InChI=1S/C32H20O4S6/c1-3-35-31(33)25-27(23-13-17-11-19-15(5-7-37-19)9-21(17)39-23)41-30-26(32(34)36-4-2)28(42-29(25)30)24-14-18-12-20-16(6-8-38-20)10-22(18)40-24/h5-14H,3-4H2,1-2H3. The molecule has 2 aromatic carbocycles. The van der Waals surface area contributed by atoms with Crippen molar-refractivity contribution in [2.24, 2.45) is 0 Å². The number of ether oxygens (including phenoxy) is 2. The molecule has 0 unspecified atom stereocenters. The lowest BCUT2D eigenvalue weighted by atomic mass is 10.1. The molecule has 4 nitrogen and oxygen atoms in total. The quantitative estimate of drug-likeness (QED) is 0.167. The van der Waals surface area contributed by atoms with E-state index >= 15 is 0 Å². The minimum atomic E-state index is -0.364. The van der Waals surface area contributed by atoms with Gasteiger partial charge < -0.3 is 9.47 Å². The zero-order valence-electron chi connectivity index (χ0n) is 22.3. The summed E-state index contributed by atoms with van der Waals surface area (Å²) < 4.78 is 17.6. The van der Waals surface area contributed by atoms with Crippen molar-refractivity contribution in [2.45, 2.75) is 13.8 Å². The van der Waals surface area contributed by atoms with E-state index in [1.165, 1.54) is 52.2 Å². The molecule has 42 heavy (non-hydrogen) atoms. The van der Waals surface area contributed by atoms with Crippen LogP contribution in [0.25, 0.3) is 69.3 Å². The summed E-state index contributed by atoms with van der Waals surface area (Å²) in [7, 11) is 0. The molecule has 0 atom stereocenters. The summed E-state index contributed by atoms with van der Waals surface area (Å²) in [6, 6.07) is 17.4. The molecule has 0 amide bonds. The second-order valence-electron chi connectivity index (χ2n) is 9.63. The first-order valence-corrected chi connectivity index (χ1v) is 18.3. The van der Waals surface area contributed by atoms with Crippen LogP contribution < -0.4 is 0 Å². The van der Waals surface area contributed by atoms with E-state index in [1.807, 2.05) is 13.8 Å². The summed E-state index contributed by atoms with van der Waals surface area (Å²) in [4.78, 5) is 30.8. The third-order valence-electron chi connectivity index (χ3n) is 7.11. The fourth-order valence-corrected chi connectivity index (χ4v) is 12.1. The molecule has 8 aromatic rings. The number of benzene rings is 2. The maximum absolute atomic E-state index is 13.6. The summed E-state index contributed by atoms with van der Waals surface area (Å²) in [5.41, 5.74) is 1.07. The highest BCUT2D eigenvalue weighted by atomic mass is 32.1. The van der Waals surface area contributed by atoms with Crippen LogP contribution in [0, 0.1) is 0 Å². The van der Waals surface area contributed by atoms with Crippen molar-refractivity contribution in [1.82, 2.24) is 0 Å². The summed E-state index contributed by atoms with van der Waals surface area (Å²) in [6.45, 7) is 4.18. The Balaban J connectivity index is 1.36. The minimum Gasteiger partial charge on any atom is -0.462 e. The number of hydrogen-bond acceptors (Lipinski definition) is 10. The van der Waals surface area contributed by atoms with E-state index in [2.05, 4.69) is 59.3 Å². The van der Waals surface area contributed by atoms with Gasteiger partial charge in [0, 0.05) is 28.6 Å². The van der Waals surface area contributed by atoms with Gasteiger partial charge in [-0.05, 0) is 94.7 Å². The van der Waals surface area contributed by atoms with Crippen LogP contribution in [0.5, 0.6) is 0 Å². The molecular formula is C32H20O4S6. The molecule has 208 valence electrons. The van der Waals surface area contributed by atoms with Crippen LogP contribution in [0.1, 0.15) is 34.6 Å². The van der Waals surface area contributed by atoms with E-state index in [-0.39, 0.29) is 25.2 Å². The van der Waals surface area contributed by atoms with Crippen LogP contribution in [0.3, 0.4) is 0 Å². The molecule has 6 heterocycles. The third-order valence-corrected chi connectivity index (χ3v) is 14.0.